The van der Waals surface area contributed by atoms with Crippen molar-refractivity contribution >= 4 is 34.6 Å². The van der Waals surface area contributed by atoms with Crippen LogP contribution in [0.2, 0.25) is 0 Å². The van der Waals surface area contributed by atoms with Crippen LogP contribution in [0.1, 0.15) is 21.6 Å². The van der Waals surface area contributed by atoms with Crippen LogP contribution in [-0.4, -0.2) is 20.9 Å². The van der Waals surface area contributed by atoms with E-state index in [1.165, 1.54) is 0 Å². The molecule has 2 N–H and O–H groups in total. The molecule has 0 saturated carbocycles. The lowest BCUT2D eigenvalue weighted by Crippen LogP contribution is -2.20. The van der Waals surface area contributed by atoms with Crippen molar-refractivity contribution in [1.29, 1.82) is 0 Å². The molecule has 5 nitrogen and oxygen atoms in total. The number of carbonyl (C=O) groups excluding carboxylic acids is 1. The Bertz CT molecular complexity index is 1020. The van der Waals surface area contributed by atoms with Crippen LogP contribution in [0.4, 0.5) is 11.5 Å². The van der Waals surface area contributed by atoms with Crippen LogP contribution in [0, 0.1) is 6.92 Å². The van der Waals surface area contributed by atoms with E-state index >= 15 is 0 Å². The zero-order chi connectivity index (χ0) is 18.3. The number of thiocarbonyl (C=S) groups is 1. The van der Waals surface area contributed by atoms with Gasteiger partial charge in [0, 0.05) is 23.2 Å². The third kappa shape index (κ3) is 2.74. The molecule has 0 fully saturated rings. The van der Waals surface area contributed by atoms with Crippen LogP contribution >= 0.6 is 12.2 Å². The molecule has 2 heterocycles. The first-order valence-corrected chi connectivity index (χ1v) is 8.61. The molecule has 1 aromatic heterocycles. The molecule has 3 aromatic rings. The van der Waals surface area contributed by atoms with Crippen LogP contribution in [0.25, 0.3) is 11.4 Å². The predicted molar refractivity (Wildman–Crippen MR) is 106 cm³/mol. The van der Waals surface area contributed by atoms with Crippen molar-refractivity contribution in [2.45, 2.75) is 13.3 Å². The van der Waals surface area contributed by atoms with Crippen LogP contribution in [0.15, 0.2) is 54.6 Å². The van der Waals surface area contributed by atoms with Crippen molar-refractivity contribution < 1.29 is 4.79 Å². The quantitative estimate of drug-likeness (QED) is 0.723. The molecule has 1 aliphatic heterocycles. The summed E-state index contributed by atoms with van der Waals surface area (Å²) in [5.74, 6) is 0.512. The summed E-state index contributed by atoms with van der Waals surface area (Å²) in [5.41, 5.74) is 9.37. The normalized spacial score (nSPS) is 13.0. The second-order valence-electron chi connectivity index (χ2n) is 6.17. The SMILES string of the molecule is Cc1ccc(-c2nc(C(N)=O)c3c(n2)N(c2ccccc2)C(=S)C3)cc1. The number of hydrogen-bond acceptors (Lipinski definition) is 4. The van der Waals surface area contributed by atoms with E-state index in [4.69, 9.17) is 22.9 Å². The Morgan fingerprint density at radius 3 is 2.42 bits per heavy atom. The van der Waals surface area contributed by atoms with Crippen LogP contribution < -0.4 is 10.6 Å². The molecule has 1 aliphatic rings. The summed E-state index contributed by atoms with van der Waals surface area (Å²) in [6, 6.07) is 17.6. The minimum Gasteiger partial charge on any atom is -0.364 e. The van der Waals surface area contributed by atoms with Crippen molar-refractivity contribution in [1.82, 2.24) is 9.97 Å². The van der Waals surface area contributed by atoms with E-state index in [1.807, 2.05) is 66.4 Å². The number of benzene rings is 2. The largest absolute Gasteiger partial charge is 0.364 e. The summed E-state index contributed by atoms with van der Waals surface area (Å²) in [5, 5.41) is 0. The highest BCUT2D eigenvalue weighted by Gasteiger charge is 2.32. The van der Waals surface area contributed by atoms with Crippen molar-refractivity contribution in [3.63, 3.8) is 0 Å². The average molecular weight is 360 g/mol. The summed E-state index contributed by atoms with van der Waals surface area (Å²) in [4.78, 5) is 23.7. The fourth-order valence-electron chi connectivity index (χ4n) is 3.05. The number of fused-ring (bicyclic) bond motifs is 1. The van der Waals surface area contributed by atoms with Gasteiger partial charge in [0.25, 0.3) is 5.91 Å². The Hall–Kier alpha value is -3.12. The van der Waals surface area contributed by atoms with Crippen LogP contribution in [-0.2, 0) is 6.42 Å². The number of primary amides is 1. The minimum atomic E-state index is -0.574. The van der Waals surface area contributed by atoms with Gasteiger partial charge in [0.05, 0.1) is 4.99 Å². The predicted octanol–water partition coefficient (Wildman–Crippen LogP) is 3.57. The number of nitrogens with two attached hydrogens (primary N) is 1. The van der Waals surface area contributed by atoms with E-state index in [9.17, 15) is 4.79 Å². The maximum Gasteiger partial charge on any atom is 0.267 e. The molecule has 0 saturated heterocycles. The third-order valence-corrected chi connectivity index (χ3v) is 4.66. The van der Waals surface area contributed by atoms with E-state index in [0.29, 0.717) is 28.6 Å². The Morgan fingerprint density at radius 1 is 1.08 bits per heavy atom. The first-order valence-electron chi connectivity index (χ1n) is 8.20. The van der Waals surface area contributed by atoms with Crippen molar-refractivity contribution in [2.24, 2.45) is 5.73 Å². The number of rotatable bonds is 3. The number of aryl methyl sites for hydroxylation is 1. The average Bonchev–Trinajstić information content (AvgIpc) is 2.97. The Balaban J connectivity index is 1.92. The zero-order valence-corrected chi connectivity index (χ0v) is 15.0. The monoisotopic (exact) mass is 360 g/mol. The summed E-state index contributed by atoms with van der Waals surface area (Å²) >= 11 is 5.56. The minimum absolute atomic E-state index is 0.228. The maximum atomic E-state index is 12.0. The Labute approximate surface area is 156 Å². The van der Waals surface area contributed by atoms with E-state index < -0.39 is 5.91 Å². The van der Waals surface area contributed by atoms with Crippen LogP contribution in [0.3, 0.4) is 0 Å². The van der Waals surface area contributed by atoms with Crippen molar-refractivity contribution in [2.75, 3.05) is 4.90 Å². The van der Waals surface area contributed by atoms with Gasteiger partial charge in [-0.1, -0.05) is 60.2 Å². The third-order valence-electron chi connectivity index (χ3n) is 4.33. The molecular weight excluding hydrogens is 344 g/mol. The standard InChI is InChI=1S/C20H16N4OS/c1-12-7-9-13(10-8-12)19-22-17(18(21)25)15-11-16(26)24(20(15)23-19)14-5-3-2-4-6-14/h2-10H,11H2,1H3,(H2,21,25). The molecule has 0 unspecified atom stereocenters. The molecule has 4 rings (SSSR count). The summed E-state index contributed by atoms with van der Waals surface area (Å²) < 4.78 is 0. The highest BCUT2D eigenvalue weighted by molar-refractivity contribution is 7.80. The fourth-order valence-corrected chi connectivity index (χ4v) is 3.38. The maximum absolute atomic E-state index is 12.0. The van der Waals surface area contributed by atoms with E-state index in [0.717, 1.165) is 16.8 Å². The van der Waals surface area contributed by atoms with Crippen molar-refractivity contribution in [3.8, 4) is 11.4 Å². The molecule has 0 atom stereocenters. The number of para-hydroxylation sites is 1. The molecule has 26 heavy (non-hydrogen) atoms. The number of hydrogen-bond donors (Lipinski definition) is 1. The second-order valence-corrected chi connectivity index (χ2v) is 6.64. The topological polar surface area (TPSA) is 72.1 Å². The van der Waals surface area contributed by atoms with Gasteiger partial charge < -0.3 is 5.73 Å². The number of amides is 1. The van der Waals surface area contributed by atoms with Gasteiger partial charge in [-0.05, 0) is 19.1 Å². The molecular formula is C20H16N4OS. The van der Waals surface area contributed by atoms with E-state index in [-0.39, 0.29) is 5.69 Å². The second kappa shape index (κ2) is 6.31. The highest BCUT2D eigenvalue weighted by Crippen LogP contribution is 2.37. The van der Waals surface area contributed by atoms with Gasteiger partial charge >= 0.3 is 0 Å². The van der Waals surface area contributed by atoms with E-state index in [1.54, 1.807) is 0 Å². The molecule has 128 valence electrons. The molecule has 0 bridgehead atoms. The van der Waals surface area contributed by atoms with Gasteiger partial charge in [0.15, 0.2) is 5.82 Å². The molecule has 6 heteroatoms. The lowest BCUT2D eigenvalue weighted by atomic mass is 10.1. The van der Waals surface area contributed by atoms with E-state index in [2.05, 4.69) is 4.98 Å². The number of carbonyl (C=O) groups is 1. The van der Waals surface area contributed by atoms with Gasteiger partial charge in [-0.25, -0.2) is 9.97 Å². The van der Waals surface area contributed by atoms with Gasteiger partial charge in [0.2, 0.25) is 0 Å². The van der Waals surface area contributed by atoms with Crippen molar-refractivity contribution in [3.05, 3.63) is 71.4 Å². The summed E-state index contributed by atoms with van der Waals surface area (Å²) in [6.07, 6.45) is 0.423. The molecule has 2 aromatic carbocycles. The van der Waals surface area contributed by atoms with Crippen LogP contribution in [0.5, 0.6) is 0 Å². The summed E-state index contributed by atoms with van der Waals surface area (Å²) in [6.45, 7) is 2.01. The fraction of sp³-hybridized carbons (Fsp3) is 0.100. The lowest BCUT2D eigenvalue weighted by Gasteiger charge is -2.19. The molecule has 1 amide bonds. The first-order chi connectivity index (χ1) is 12.5. The van der Waals surface area contributed by atoms with Gasteiger partial charge in [-0.3, -0.25) is 9.69 Å². The molecule has 0 aliphatic carbocycles. The van der Waals surface area contributed by atoms with Gasteiger partial charge in [0.1, 0.15) is 11.5 Å². The summed E-state index contributed by atoms with van der Waals surface area (Å²) in [7, 11) is 0. The lowest BCUT2D eigenvalue weighted by molar-refractivity contribution is 0.0995. The van der Waals surface area contributed by atoms with Gasteiger partial charge in [-0.2, -0.15) is 0 Å². The Kier molecular flexibility index (Phi) is 3.97. The highest BCUT2D eigenvalue weighted by atomic mass is 32.1. The smallest absolute Gasteiger partial charge is 0.267 e. The first kappa shape index (κ1) is 16.4. The zero-order valence-electron chi connectivity index (χ0n) is 14.1. The number of anilines is 2. The molecule has 0 radical (unpaired) electrons. The molecule has 0 spiro atoms. The Morgan fingerprint density at radius 2 is 1.77 bits per heavy atom. The van der Waals surface area contributed by atoms with Gasteiger partial charge in [-0.15, -0.1) is 0 Å². The number of nitrogens with zero attached hydrogens (tertiary/aromatic N) is 3. The number of aromatic nitrogens is 2.